The number of nitrogens with zero attached hydrogens (tertiary/aromatic N) is 2. The van der Waals surface area contributed by atoms with Gasteiger partial charge in [-0.3, -0.25) is 4.79 Å². The van der Waals surface area contributed by atoms with Crippen molar-refractivity contribution < 1.29 is 14.3 Å². The van der Waals surface area contributed by atoms with Crippen LogP contribution in [0.25, 0.3) is 0 Å². The van der Waals surface area contributed by atoms with Crippen LogP contribution in [0.3, 0.4) is 0 Å². The van der Waals surface area contributed by atoms with E-state index in [-0.39, 0.29) is 5.91 Å². The maximum Gasteiger partial charge on any atom is 0.337 e. The van der Waals surface area contributed by atoms with Gasteiger partial charge in [-0.15, -0.1) is 0 Å². The van der Waals surface area contributed by atoms with Crippen LogP contribution in [0.4, 0.5) is 5.69 Å². The van der Waals surface area contributed by atoms with Crippen LogP contribution in [0, 0.1) is 6.92 Å². The molecule has 1 heterocycles. The van der Waals surface area contributed by atoms with Gasteiger partial charge in [0.25, 0.3) is 5.91 Å². The van der Waals surface area contributed by atoms with E-state index in [1.165, 1.54) is 19.6 Å². The molecule has 0 fully saturated rings. The van der Waals surface area contributed by atoms with Gasteiger partial charge in [0.2, 0.25) is 0 Å². The van der Waals surface area contributed by atoms with Crippen LogP contribution in [0.1, 0.15) is 26.4 Å². The summed E-state index contributed by atoms with van der Waals surface area (Å²) < 4.78 is 4.60. The van der Waals surface area contributed by atoms with Gasteiger partial charge in [0.15, 0.2) is 0 Å². The van der Waals surface area contributed by atoms with Crippen molar-refractivity contribution in [3.63, 3.8) is 0 Å². The van der Waals surface area contributed by atoms with Gasteiger partial charge in [-0.2, -0.15) is 0 Å². The predicted octanol–water partition coefficient (Wildman–Crippen LogP) is 1.82. The Morgan fingerprint density at radius 2 is 1.90 bits per heavy atom. The molecule has 2 rings (SSSR count). The third-order valence-electron chi connectivity index (χ3n) is 2.72. The second-order valence-corrected chi connectivity index (χ2v) is 4.04. The molecule has 1 amide bonds. The number of ether oxygens (including phenoxy) is 1. The second kappa shape index (κ2) is 5.92. The molecule has 0 radical (unpaired) electrons. The Balaban J connectivity index is 2.13. The van der Waals surface area contributed by atoms with E-state index in [2.05, 4.69) is 20.0 Å². The molecule has 1 aromatic carbocycles. The Hall–Kier alpha value is -2.76. The first-order valence-corrected chi connectivity index (χ1v) is 5.88. The molecule has 0 atom stereocenters. The number of esters is 1. The normalized spacial score (nSPS) is 9.90. The minimum Gasteiger partial charge on any atom is -0.465 e. The van der Waals surface area contributed by atoms with E-state index in [1.54, 1.807) is 31.2 Å². The van der Waals surface area contributed by atoms with Crippen LogP contribution in [0.15, 0.2) is 36.8 Å². The Morgan fingerprint density at radius 3 is 2.50 bits per heavy atom. The average molecular weight is 271 g/mol. The number of rotatable bonds is 3. The maximum atomic E-state index is 12.0. The van der Waals surface area contributed by atoms with E-state index in [9.17, 15) is 9.59 Å². The van der Waals surface area contributed by atoms with E-state index < -0.39 is 5.97 Å². The lowest BCUT2D eigenvalue weighted by molar-refractivity contribution is 0.0600. The summed E-state index contributed by atoms with van der Waals surface area (Å²) in [6.45, 7) is 1.73. The fourth-order valence-corrected chi connectivity index (χ4v) is 1.62. The highest BCUT2D eigenvalue weighted by atomic mass is 16.5. The van der Waals surface area contributed by atoms with E-state index in [0.29, 0.717) is 22.5 Å². The molecule has 0 aliphatic carbocycles. The quantitative estimate of drug-likeness (QED) is 0.861. The molecular weight excluding hydrogens is 258 g/mol. The van der Waals surface area contributed by atoms with Crippen molar-refractivity contribution in [1.29, 1.82) is 0 Å². The zero-order valence-electron chi connectivity index (χ0n) is 11.1. The van der Waals surface area contributed by atoms with Gasteiger partial charge in [0.1, 0.15) is 6.33 Å². The molecule has 0 aliphatic rings. The number of hydrogen-bond acceptors (Lipinski definition) is 5. The highest BCUT2D eigenvalue weighted by molar-refractivity contribution is 6.04. The van der Waals surface area contributed by atoms with Crippen molar-refractivity contribution in [3.05, 3.63) is 53.6 Å². The first-order valence-electron chi connectivity index (χ1n) is 5.88. The van der Waals surface area contributed by atoms with E-state index >= 15 is 0 Å². The molecule has 1 N–H and O–H groups in total. The molecule has 0 unspecified atom stereocenters. The number of carbonyl (C=O) groups excluding carboxylic acids is 2. The number of nitrogens with one attached hydrogen (secondary N) is 1. The molecule has 1 aromatic heterocycles. The summed E-state index contributed by atoms with van der Waals surface area (Å²) in [5, 5.41) is 2.71. The first-order chi connectivity index (χ1) is 9.61. The molecule has 0 saturated carbocycles. The van der Waals surface area contributed by atoms with Crippen molar-refractivity contribution in [3.8, 4) is 0 Å². The summed E-state index contributed by atoms with van der Waals surface area (Å²) in [6.07, 6.45) is 2.84. The number of benzene rings is 1. The second-order valence-electron chi connectivity index (χ2n) is 4.04. The van der Waals surface area contributed by atoms with Crippen molar-refractivity contribution >= 4 is 17.6 Å². The fraction of sp³-hybridized carbons (Fsp3) is 0.143. The minimum atomic E-state index is -0.421. The molecular formula is C14H13N3O3. The predicted molar refractivity (Wildman–Crippen MR) is 72.5 cm³/mol. The Bertz CT molecular complexity index is 638. The van der Waals surface area contributed by atoms with Crippen molar-refractivity contribution in [2.45, 2.75) is 6.92 Å². The lowest BCUT2D eigenvalue weighted by Gasteiger charge is -2.07. The topological polar surface area (TPSA) is 81.2 Å². The Morgan fingerprint density at radius 1 is 1.20 bits per heavy atom. The standard InChI is InChI=1S/C14H13N3O3/c1-9-12(7-15-8-16-9)13(18)17-11-5-3-10(4-6-11)14(19)20-2/h3-8H,1-2H3,(H,17,18). The van der Waals surface area contributed by atoms with Gasteiger partial charge in [0.05, 0.1) is 23.9 Å². The third kappa shape index (κ3) is 2.97. The summed E-state index contributed by atoms with van der Waals surface area (Å²) in [5.41, 5.74) is 2.00. The number of anilines is 1. The first kappa shape index (κ1) is 13.7. The minimum absolute atomic E-state index is 0.297. The molecule has 20 heavy (non-hydrogen) atoms. The van der Waals surface area contributed by atoms with Crippen LogP contribution >= 0.6 is 0 Å². The average Bonchev–Trinajstić information content (AvgIpc) is 2.47. The molecule has 0 aliphatic heterocycles. The van der Waals surface area contributed by atoms with Crippen LogP contribution < -0.4 is 5.32 Å². The van der Waals surface area contributed by atoms with Crippen LogP contribution in [0.2, 0.25) is 0 Å². The summed E-state index contributed by atoms with van der Waals surface area (Å²) in [5.74, 6) is -0.718. The zero-order valence-corrected chi connectivity index (χ0v) is 11.1. The summed E-state index contributed by atoms with van der Waals surface area (Å²) in [6, 6.07) is 6.41. The number of methoxy groups -OCH3 is 1. The van der Waals surface area contributed by atoms with Gasteiger partial charge in [-0.1, -0.05) is 0 Å². The van der Waals surface area contributed by atoms with Gasteiger partial charge in [0, 0.05) is 11.9 Å². The monoisotopic (exact) mass is 271 g/mol. The van der Waals surface area contributed by atoms with Crippen LogP contribution in [-0.4, -0.2) is 29.0 Å². The summed E-state index contributed by atoms with van der Waals surface area (Å²) >= 11 is 0. The van der Waals surface area contributed by atoms with Gasteiger partial charge in [-0.25, -0.2) is 14.8 Å². The lowest BCUT2D eigenvalue weighted by atomic mass is 10.2. The summed E-state index contributed by atoms with van der Waals surface area (Å²) in [4.78, 5) is 31.1. The van der Waals surface area contributed by atoms with Crippen molar-refractivity contribution in [2.24, 2.45) is 0 Å². The molecule has 6 nitrogen and oxygen atoms in total. The summed E-state index contributed by atoms with van der Waals surface area (Å²) in [7, 11) is 1.32. The zero-order chi connectivity index (χ0) is 14.5. The Labute approximate surface area is 115 Å². The van der Waals surface area contributed by atoms with Gasteiger partial charge >= 0.3 is 5.97 Å². The Kier molecular flexibility index (Phi) is 4.05. The molecule has 0 saturated heterocycles. The largest absolute Gasteiger partial charge is 0.465 e. The molecule has 0 spiro atoms. The van der Waals surface area contributed by atoms with Crippen LogP contribution in [-0.2, 0) is 4.74 Å². The van der Waals surface area contributed by atoms with Gasteiger partial charge < -0.3 is 10.1 Å². The van der Waals surface area contributed by atoms with Crippen LogP contribution in [0.5, 0.6) is 0 Å². The highest BCUT2D eigenvalue weighted by Crippen LogP contribution is 2.12. The number of amides is 1. The number of hydrogen-bond donors (Lipinski definition) is 1. The van der Waals surface area contributed by atoms with Crippen molar-refractivity contribution in [1.82, 2.24) is 9.97 Å². The van der Waals surface area contributed by atoms with Crippen molar-refractivity contribution in [2.75, 3.05) is 12.4 Å². The van der Waals surface area contributed by atoms with Gasteiger partial charge in [-0.05, 0) is 31.2 Å². The number of carbonyl (C=O) groups is 2. The number of aromatic nitrogens is 2. The third-order valence-corrected chi connectivity index (χ3v) is 2.72. The SMILES string of the molecule is COC(=O)c1ccc(NC(=O)c2cncnc2C)cc1. The smallest absolute Gasteiger partial charge is 0.337 e. The lowest BCUT2D eigenvalue weighted by Crippen LogP contribution is -2.14. The molecule has 0 bridgehead atoms. The molecule has 6 heteroatoms. The highest BCUT2D eigenvalue weighted by Gasteiger charge is 2.11. The fourth-order valence-electron chi connectivity index (χ4n) is 1.62. The molecule has 2 aromatic rings. The van der Waals surface area contributed by atoms with E-state index in [0.717, 1.165) is 0 Å². The maximum absolute atomic E-state index is 12.0. The van der Waals surface area contributed by atoms with E-state index in [1.807, 2.05) is 0 Å². The molecule has 102 valence electrons. The number of aryl methyl sites for hydroxylation is 1. The van der Waals surface area contributed by atoms with E-state index in [4.69, 9.17) is 0 Å².